The number of hydrogen-bond donors (Lipinski definition) is 1. The standard InChI is InChI=1S/C10H11F3O2/c1-5-4-15-8-3-6(10(11,12)13)2-7(14)9(5)8/h4,6-7,14H,2-3H2,1H3/t6-,7+/m1/s1. The maximum Gasteiger partial charge on any atom is 0.392 e. The first kappa shape index (κ1) is 10.5. The zero-order chi connectivity index (χ0) is 11.2. The zero-order valence-corrected chi connectivity index (χ0v) is 8.14. The summed E-state index contributed by atoms with van der Waals surface area (Å²) < 4.78 is 42.4. The van der Waals surface area contributed by atoms with Crippen molar-refractivity contribution in [3.8, 4) is 0 Å². The Bertz CT molecular complexity index is 367. The summed E-state index contributed by atoms with van der Waals surface area (Å²) in [5.41, 5.74) is 1.26. The number of aliphatic hydroxyl groups excluding tert-OH is 1. The van der Waals surface area contributed by atoms with Crippen LogP contribution >= 0.6 is 0 Å². The predicted molar refractivity (Wildman–Crippen MR) is 46.3 cm³/mol. The summed E-state index contributed by atoms with van der Waals surface area (Å²) in [5.74, 6) is -1.22. The molecule has 0 unspecified atom stereocenters. The van der Waals surface area contributed by atoms with Crippen LogP contribution in [0.2, 0.25) is 0 Å². The van der Waals surface area contributed by atoms with Crippen LogP contribution in [0.1, 0.15) is 29.4 Å². The molecule has 1 aromatic heterocycles. The molecule has 1 aliphatic carbocycles. The van der Waals surface area contributed by atoms with Gasteiger partial charge < -0.3 is 9.52 Å². The van der Waals surface area contributed by atoms with Crippen molar-refractivity contribution >= 4 is 0 Å². The van der Waals surface area contributed by atoms with Crippen LogP contribution in [0.25, 0.3) is 0 Å². The van der Waals surface area contributed by atoms with Gasteiger partial charge in [-0.15, -0.1) is 0 Å². The molecule has 0 fully saturated rings. The Morgan fingerprint density at radius 1 is 1.47 bits per heavy atom. The number of aliphatic hydroxyl groups is 1. The van der Waals surface area contributed by atoms with E-state index in [1.165, 1.54) is 6.26 Å². The van der Waals surface area contributed by atoms with Crippen molar-refractivity contribution in [3.63, 3.8) is 0 Å². The molecule has 1 N–H and O–H groups in total. The van der Waals surface area contributed by atoms with Crippen LogP contribution in [0.4, 0.5) is 13.2 Å². The van der Waals surface area contributed by atoms with Gasteiger partial charge in [0.1, 0.15) is 5.76 Å². The molecule has 0 aromatic carbocycles. The molecule has 0 saturated carbocycles. The van der Waals surface area contributed by atoms with E-state index in [0.29, 0.717) is 5.56 Å². The van der Waals surface area contributed by atoms with Crippen LogP contribution in [-0.2, 0) is 6.42 Å². The van der Waals surface area contributed by atoms with Gasteiger partial charge in [0.2, 0.25) is 0 Å². The molecule has 2 nitrogen and oxygen atoms in total. The molecule has 0 radical (unpaired) electrons. The Morgan fingerprint density at radius 2 is 2.13 bits per heavy atom. The summed E-state index contributed by atoms with van der Waals surface area (Å²) in [6.07, 6.45) is -4.36. The second-order valence-electron chi connectivity index (χ2n) is 3.95. The van der Waals surface area contributed by atoms with Crippen molar-refractivity contribution in [2.75, 3.05) is 0 Å². The van der Waals surface area contributed by atoms with Gasteiger partial charge in [0.25, 0.3) is 0 Å². The third-order valence-corrected chi connectivity index (χ3v) is 2.84. The number of aryl methyl sites for hydroxylation is 1. The van der Waals surface area contributed by atoms with Crippen molar-refractivity contribution in [3.05, 3.63) is 23.2 Å². The van der Waals surface area contributed by atoms with Crippen molar-refractivity contribution in [2.45, 2.75) is 32.0 Å². The summed E-state index contributed by atoms with van der Waals surface area (Å²) in [6, 6.07) is 0. The number of halogens is 3. The van der Waals surface area contributed by atoms with E-state index >= 15 is 0 Å². The molecule has 0 aliphatic heterocycles. The van der Waals surface area contributed by atoms with Crippen LogP contribution in [0, 0.1) is 12.8 Å². The van der Waals surface area contributed by atoms with Crippen LogP contribution < -0.4 is 0 Å². The van der Waals surface area contributed by atoms with Crippen LogP contribution in [-0.4, -0.2) is 11.3 Å². The molecule has 0 saturated heterocycles. The SMILES string of the molecule is Cc1coc2c1[C@@H](O)C[C@@H](C(F)(F)F)C2. The first-order chi connectivity index (χ1) is 6.89. The lowest BCUT2D eigenvalue weighted by Gasteiger charge is -2.27. The molecular weight excluding hydrogens is 209 g/mol. The second kappa shape index (κ2) is 3.27. The predicted octanol–water partition coefficient (Wildman–Crippen LogP) is 2.75. The van der Waals surface area contributed by atoms with Crippen molar-refractivity contribution in [1.29, 1.82) is 0 Å². The molecule has 2 rings (SSSR count). The largest absolute Gasteiger partial charge is 0.469 e. The van der Waals surface area contributed by atoms with Crippen LogP contribution in [0.15, 0.2) is 10.7 Å². The normalized spacial score (nSPS) is 26.5. The fourth-order valence-corrected chi connectivity index (χ4v) is 2.06. The number of alkyl halides is 3. The molecule has 5 heteroatoms. The van der Waals surface area contributed by atoms with Crippen LogP contribution in [0.5, 0.6) is 0 Å². The highest BCUT2D eigenvalue weighted by Gasteiger charge is 2.45. The minimum absolute atomic E-state index is 0.163. The fourth-order valence-electron chi connectivity index (χ4n) is 2.06. The molecule has 1 heterocycles. The van der Waals surface area contributed by atoms with Gasteiger partial charge in [0.15, 0.2) is 0 Å². The third-order valence-electron chi connectivity index (χ3n) is 2.84. The quantitative estimate of drug-likeness (QED) is 0.729. The van der Waals surface area contributed by atoms with E-state index in [4.69, 9.17) is 4.42 Å². The summed E-state index contributed by atoms with van der Waals surface area (Å²) in [5, 5.41) is 9.60. The third kappa shape index (κ3) is 1.76. The smallest absolute Gasteiger partial charge is 0.392 e. The van der Waals surface area contributed by atoms with Gasteiger partial charge in [-0.1, -0.05) is 0 Å². The van der Waals surface area contributed by atoms with Gasteiger partial charge in [-0.05, 0) is 18.9 Å². The lowest BCUT2D eigenvalue weighted by atomic mass is 9.84. The zero-order valence-electron chi connectivity index (χ0n) is 8.14. The highest BCUT2D eigenvalue weighted by molar-refractivity contribution is 5.31. The van der Waals surface area contributed by atoms with Crippen molar-refractivity contribution in [1.82, 2.24) is 0 Å². The molecule has 15 heavy (non-hydrogen) atoms. The van der Waals surface area contributed by atoms with Crippen molar-refractivity contribution in [2.24, 2.45) is 5.92 Å². The van der Waals surface area contributed by atoms with Gasteiger partial charge in [-0.3, -0.25) is 0 Å². The summed E-state index contributed by atoms with van der Waals surface area (Å²) >= 11 is 0. The average Bonchev–Trinajstić information content (AvgIpc) is 2.46. The lowest BCUT2D eigenvalue weighted by molar-refractivity contribution is -0.185. The Balaban J connectivity index is 2.31. The average molecular weight is 220 g/mol. The first-order valence-corrected chi connectivity index (χ1v) is 4.71. The van der Waals surface area contributed by atoms with E-state index < -0.39 is 18.2 Å². The van der Waals surface area contributed by atoms with E-state index in [1.54, 1.807) is 6.92 Å². The molecule has 0 spiro atoms. The van der Waals surface area contributed by atoms with Crippen LogP contribution in [0.3, 0.4) is 0 Å². The Hall–Kier alpha value is -0.970. The monoisotopic (exact) mass is 220 g/mol. The number of furan rings is 1. The van der Waals surface area contributed by atoms with Crippen molar-refractivity contribution < 1.29 is 22.7 Å². The molecular formula is C10H11F3O2. The molecule has 0 amide bonds. The molecule has 1 aliphatic rings. The second-order valence-corrected chi connectivity index (χ2v) is 3.95. The number of hydrogen-bond acceptors (Lipinski definition) is 2. The highest BCUT2D eigenvalue weighted by Crippen LogP contribution is 2.42. The lowest BCUT2D eigenvalue weighted by Crippen LogP contribution is -2.30. The van der Waals surface area contributed by atoms with Gasteiger partial charge in [-0.2, -0.15) is 13.2 Å². The summed E-state index contributed by atoms with van der Waals surface area (Å²) in [6.45, 7) is 1.72. The number of fused-ring (bicyclic) bond motifs is 1. The minimum Gasteiger partial charge on any atom is -0.469 e. The molecule has 1 aromatic rings. The fraction of sp³-hybridized carbons (Fsp3) is 0.600. The topological polar surface area (TPSA) is 33.4 Å². The molecule has 0 bridgehead atoms. The van der Waals surface area contributed by atoms with Gasteiger partial charge >= 0.3 is 6.18 Å². The first-order valence-electron chi connectivity index (χ1n) is 4.71. The van der Waals surface area contributed by atoms with E-state index in [9.17, 15) is 18.3 Å². The van der Waals surface area contributed by atoms with E-state index in [2.05, 4.69) is 0 Å². The van der Waals surface area contributed by atoms with Gasteiger partial charge in [0, 0.05) is 12.0 Å². The Morgan fingerprint density at radius 3 is 2.73 bits per heavy atom. The molecule has 2 atom stereocenters. The summed E-state index contributed by atoms with van der Waals surface area (Å²) in [4.78, 5) is 0. The number of rotatable bonds is 0. The molecule has 84 valence electrons. The van der Waals surface area contributed by atoms with E-state index in [0.717, 1.165) is 5.56 Å². The Labute approximate surface area is 84.7 Å². The van der Waals surface area contributed by atoms with E-state index in [1.807, 2.05) is 0 Å². The van der Waals surface area contributed by atoms with Gasteiger partial charge in [-0.25, -0.2) is 0 Å². The van der Waals surface area contributed by atoms with Gasteiger partial charge in [0.05, 0.1) is 18.3 Å². The minimum atomic E-state index is -4.26. The highest BCUT2D eigenvalue weighted by atomic mass is 19.4. The van der Waals surface area contributed by atoms with E-state index in [-0.39, 0.29) is 18.6 Å². The Kier molecular flexibility index (Phi) is 2.30. The summed E-state index contributed by atoms with van der Waals surface area (Å²) in [7, 11) is 0. The maximum atomic E-state index is 12.5. The maximum absolute atomic E-state index is 12.5.